The summed E-state index contributed by atoms with van der Waals surface area (Å²) in [7, 11) is 0. The number of amides is 2. The molecule has 1 aromatic rings. The number of anilines is 1. The van der Waals surface area contributed by atoms with E-state index in [0.717, 1.165) is 35.7 Å². The molecule has 2 amide bonds. The summed E-state index contributed by atoms with van der Waals surface area (Å²) in [4.78, 5) is 23.7. The zero-order chi connectivity index (χ0) is 16.5. The van der Waals surface area contributed by atoms with E-state index in [1.165, 1.54) is 0 Å². The van der Waals surface area contributed by atoms with E-state index in [4.69, 9.17) is 0 Å². The normalized spacial score (nSPS) is 11.8. The van der Waals surface area contributed by atoms with Crippen LogP contribution in [0.3, 0.4) is 0 Å². The van der Waals surface area contributed by atoms with Crippen molar-refractivity contribution in [2.75, 3.05) is 11.9 Å². The molecule has 1 aromatic carbocycles. The predicted molar refractivity (Wildman–Crippen MR) is 93.8 cm³/mol. The van der Waals surface area contributed by atoms with Gasteiger partial charge in [-0.05, 0) is 43.0 Å². The molecule has 0 heterocycles. The Kier molecular flexibility index (Phi) is 8.17. The molecule has 0 aliphatic rings. The summed E-state index contributed by atoms with van der Waals surface area (Å²) in [5, 5.41) is 5.35. The van der Waals surface area contributed by atoms with E-state index in [2.05, 4.69) is 40.4 Å². The molecule has 0 aliphatic heterocycles. The van der Waals surface area contributed by atoms with Gasteiger partial charge in [0, 0.05) is 16.7 Å². The van der Waals surface area contributed by atoms with Crippen LogP contribution >= 0.6 is 15.9 Å². The summed E-state index contributed by atoms with van der Waals surface area (Å²) in [6.45, 7) is 6.75. The lowest BCUT2D eigenvalue weighted by Crippen LogP contribution is -2.38. The number of rotatable bonds is 7. The minimum atomic E-state index is -0.618. The maximum Gasteiger partial charge on any atom is 0.313 e. The topological polar surface area (TPSA) is 58.2 Å². The Balaban J connectivity index is 2.47. The van der Waals surface area contributed by atoms with Crippen molar-refractivity contribution in [3.63, 3.8) is 0 Å². The number of hydrogen-bond donors (Lipinski definition) is 2. The van der Waals surface area contributed by atoms with Crippen LogP contribution in [0.1, 0.15) is 45.1 Å². The van der Waals surface area contributed by atoms with Gasteiger partial charge in [0.05, 0.1) is 0 Å². The third-order valence-corrected chi connectivity index (χ3v) is 4.61. The van der Waals surface area contributed by atoms with Crippen LogP contribution in [-0.2, 0) is 9.59 Å². The van der Waals surface area contributed by atoms with Crippen LogP contribution in [-0.4, -0.2) is 18.4 Å². The van der Waals surface area contributed by atoms with Gasteiger partial charge < -0.3 is 10.6 Å². The van der Waals surface area contributed by atoms with Crippen molar-refractivity contribution >= 4 is 33.4 Å². The SMILES string of the molecule is CCCC[C@H](CC)CNC(=O)C(=O)Nc1ccc(Br)c(C)c1. The molecule has 2 N–H and O–H groups in total. The standard InChI is InChI=1S/C17H25BrN2O2/c1-4-6-7-13(5-2)11-19-16(21)17(22)20-14-8-9-15(18)12(3)10-14/h8-10,13H,4-7,11H2,1-3H3,(H,19,21)(H,20,22)/t13-/m0/s1. The first-order chi connectivity index (χ1) is 10.5. The molecule has 4 nitrogen and oxygen atoms in total. The van der Waals surface area contributed by atoms with Crippen LogP contribution < -0.4 is 10.6 Å². The summed E-state index contributed by atoms with van der Waals surface area (Å²) in [5.74, 6) is -0.755. The summed E-state index contributed by atoms with van der Waals surface area (Å²) < 4.78 is 0.969. The van der Waals surface area contributed by atoms with E-state index in [-0.39, 0.29) is 0 Å². The molecule has 0 saturated carbocycles. The van der Waals surface area contributed by atoms with Crippen LogP contribution in [0.2, 0.25) is 0 Å². The second-order valence-electron chi connectivity index (χ2n) is 5.54. The first kappa shape index (κ1) is 18.7. The number of nitrogens with one attached hydrogen (secondary N) is 2. The predicted octanol–water partition coefficient (Wildman–Crippen LogP) is 4.03. The number of carbonyl (C=O) groups is 2. The molecule has 0 aliphatic carbocycles. The molecule has 0 unspecified atom stereocenters. The van der Waals surface area contributed by atoms with Crippen LogP contribution in [0.4, 0.5) is 5.69 Å². The summed E-state index contributed by atoms with van der Waals surface area (Å²) >= 11 is 3.40. The Bertz CT molecular complexity index is 517. The Morgan fingerprint density at radius 1 is 1.23 bits per heavy atom. The number of aryl methyl sites for hydroxylation is 1. The fourth-order valence-electron chi connectivity index (χ4n) is 2.17. The maximum atomic E-state index is 11.9. The highest BCUT2D eigenvalue weighted by Crippen LogP contribution is 2.19. The number of halogens is 1. The second-order valence-corrected chi connectivity index (χ2v) is 6.40. The van der Waals surface area contributed by atoms with Gasteiger partial charge in [0.25, 0.3) is 0 Å². The largest absolute Gasteiger partial charge is 0.348 e. The first-order valence-electron chi connectivity index (χ1n) is 7.83. The van der Waals surface area contributed by atoms with E-state index in [1.807, 2.05) is 19.1 Å². The highest BCUT2D eigenvalue weighted by Gasteiger charge is 2.15. The summed E-state index contributed by atoms with van der Waals surface area (Å²) in [6, 6.07) is 5.43. The van der Waals surface area contributed by atoms with E-state index < -0.39 is 11.8 Å². The van der Waals surface area contributed by atoms with E-state index in [9.17, 15) is 9.59 Å². The average molecular weight is 369 g/mol. The quantitative estimate of drug-likeness (QED) is 0.713. The van der Waals surface area contributed by atoms with Gasteiger partial charge in [0.2, 0.25) is 0 Å². The molecule has 0 spiro atoms. The minimum Gasteiger partial charge on any atom is -0.348 e. The Morgan fingerprint density at radius 3 is 2.55 bits per heavy atom. The Labute approximate surface area is 141 Å². The van der Waals surface area contributed by atoms with E-state index in [0.29, 0.717) is 18.2 Å². The molecule has 122 valence electrons. The number of benzene rings is 1. The number of carbonyl (C=O) groups excluding carboxylic acids is 2. The van der Waals surface area contributed by atoms with Crippen LogP contribution in [0.25, 0.3) is 0 Å². The average Bonchev–Trinajstić information content (AvgIpc) is 2.50. The first-order valence-corrected chi connectivity index (χ1v) is 8.62. The molecular weight excluding hydrogens is 344 g/mol. The van der Waals surface area contributed by atoms with Gasteiger partial charge in [-0.25, -0.2) is 0 Å². The van der Waals surface area contributed by atoms with Crippen LogP contribution in [0.15, 0.2) is 22.7 Å². The van der Waals surface area contributed by atoms with Gasteiger partial charge in [0.15, 0.2) is 0 Å². The van der Waals surface area contributed by atoms with Gasteiger partial charge in [-0.2, -0.15) is 0 Å². The van der Waals surface area contributed by atoms with Gasteiger partial charge in [-0.3, -0.25) is 9.59 Å². The molecule has 0 saturated heterocycles. The molecule has 0 aromatic heterocycles. The smallest absolute Gasteiger partial charge is 0.313 e. The fraction of sp³-hybridized carbons (Fsp3) is 0.529. The fourth-order valence-corrected chi connectivity index (χ4v) is 2.42. The summed E-state index contributed by atoms with van der Waals surface area (Å²) in [5.41, 5.74) is 1.63. The van der Waals surface area contributed by atoms with Gasteiger partial charge in [-0.1, -0.05) is 49.0 Å². The van der Waals surface area contributed by atoms with Crippen molar-refractivity contribution in [3.8, 4) is 0 Å². The highest BCUT2D eigenvalue weighted by molar-refractivity contribution is 9.10. The van der Waals surface area contributed by atoms with Crippen LogP contribution in [0, 0.1) is 12.8 Å². The maximum absolute atomic E-state index is 11.9. The van der Waals surface area contributed by atoms with Crippen molar-refractivity contribution in [2.45, 2.75) is 46.5 Å². The van der Waals surface area contributed by atoms with Gasteiger partial charge in [-0.15, -0.1) is 0 Å². The molecule has 0 radical (unpaired) electrons. The monoisotopic (exact) mass is 368 g/mol. The lowest BCUT2D eigenvalue weighted by Gasteiger charge is -2.15. The molecule has 1 rings (SSSR count). The summed E-state index contributed by atoms with van der Waals surface area (Å²) in [6.07, 6.45) is 4.39. The third kappa shape index (κ3) is 6.18. The van der Waals surface area contributed by atoms with Crippen molar-refractivity contribution in [3.05, 3.63) is 28.2 Å². The molecule has 1 atom stereocenters. The highest BCUT2D eigenvalue weighted by atomic mass is 79.9. The molecule has 5 heteroatoms. The van der Waals surface area contributed by atoms with Crippen molar-refractivity contribution in [1.82, 2.24) is 5.32 Å². The molecule has 0 fully saturated rings. The van der Waals surface area contributed by atoms with E-state index >= 15 is 0 Å². The lowest BCUT2D eigenvalue weighted by molar-refractivity contribution is -0.136. The third-order valence-electron chi connectivity index (χ3n) is 3.72. The van der Waals surface area contributed by atoms with Crippen molar-refractivity contribution in [1.29, 1.82) is 0 Å². The second kappa shape index (κ2) is 9.62. The Morgan fingerprint density at radius 2 is 1.95 bits per heavy atom. The Hall–Kier alpha value is -1.36. The number of hydrogen-bond acceptors (Lipinski definition) is 2. The zero-order valence-electron chi connectivity index (χ0n) is 13.5. The molecular formula is C17H25BrN2O2. The van der Waals surface area contributed by atoms with Gasteiger partial charge in [0.1, 0.15) is 0 Å². The minimum absolute atomic E-state index is 0.437. The zero-order valence-corrected chi connectivity index (χ0v) is 15.1. The number of unbranched alkanes of at least 4 members (excludes halogenated alkanes) is 1. The van der Waals surface area contributed by atoms with Crippen molar-refractivity contribution < 1.29 is 9.59 Å². The van der Waals surface area contributed by atoms with Crippen molar-refractivity contribution in [2.24, 2.45) is 5.92 Å². The molecule has 0 bridgehead atoms. The lowest BCUT2D eigenvalue weighted by atomic mass is 9.99. The van der Waals surface area contributed by atoms with E-state index in [1.54, 1.807) is 6.07 Å². The van der Waals surface area contributed by atoms with Crippen LogP contribution in [0.5, 0.6) is 0 Å². The van der Waals surface area contributed by atoms with Gasteiger partial charge >= 0.3 is 11.8 Å². The molecule has 22 heavy (non-hydrogen) atoms.